The molecule has 1 aliphatic heterocycles. The molecule has 0 unspecified atom stereocenters. The van der Waals surface area contributed by atoms with E-state index in [1.165, 1.54) is 4.90 Å². The molecule has 1 aliphatic rings. The molecule has 56 valence electrons. The van der Waals surface area contributed by atoms with Gasteiger partial charge in [-0.3, -0.25) is 0 Å². The van der Waals surface area contributed by atoms with Gasteiger partial charge in [-0.25, -0.2) is 4.79 Å². The molecule has 3 nitrogen and oxygen atoms in total. The third-order valence-electron chi connectivity index (χ3n) is 1.30. The van der Waals surface area contributed by atoms with Crippen molar-refractivity contribution in [1.82, 2.24) is 4.90 Å². The Kier molecular flexibility index (Phi) is 2.36. The third kappa shape index (κ3) is 1.52. The first kappa shape index (κ1) is 8.07. The number of amides is 1. The Labute approximate surface area is 75.0 Å². The molecule has 0 aliphatic carbocycles. The zero-order valence-electron chi connectivity index (χ0n) is 4.97. The summed E-state index contributed by atoms with van der Waals surface area (Å²) in [5.41, 5.74) is 1.09. The number of carboxylic acid groups (broad SMARTS) is 1. The van der Waals surface area contributed by atoms with Gasteiger partial charge in [-0.2, -0.15) is 0 Å². The minimum absolute atomic E-state index is 0.515. The molecule has 1 heterocycles. The monoisotopic (exact) mass is 269 g/mol. The normalized spacial score (nSPS) is 16.6. The van der Waals surface area contributed by atoms with Crippen molar-refractivity contribution >= 4 is 38.0 Å². The molecule has 1 fully saturated rings. The van der Waals surface area contributed by atoms with Crippen LogP contribution in [0, 0.1) is 0 Å². The van der Waals surface area contributed by atoms with Gasteiger partial charge in [0.15, 0.2) is 0 Å². The SMILES string of the molecule is O=C(O)N1CC(=C(Br)Br)C1. The molecule has 5 heteroatoms. The Bertz CT molecular complexity index is 190. The molecule has 10 heavy (non-hydrogen) atoms. The Morgan fingerprint density at radius 1 is 1.50 bits per heavy atom. The van der Waals surface area contributed by atoms with E-state index in [4.69, 9.17) is 5.11 Å². The van der Waals surface area contributed by atoms with E-state index in [0.717, 1.165) is 8.96 Å². The molecule has 0 aromatic rings. The Morgan fingerprint density at radius 2 is 2.00 bits per heavy atom. The number of rotatable bonds is 0. The highest BCUT2D eigenvalue weighted by atomic mass is 79.9. The second-order valence-electron chi connectivity index (χ2n) is 2.00. The number of likely N-dealkylation sites (tertiary alicyclic amines) is 1. The predicted octanol–water partition coefficient (Wildman–Crippen LogP) is 1.98. The molecule has 0 saturated carbocycles. The summed E-state index contributed by atoms with van der Waals surface area (Å²) in [7, 11) is 0. The summed E-state index contributed by atoms with van der Waals surface area (Å²) >= 11 is 6.41. The van der Waals surface area contributed by atoms with Gasteiger partial charge in [0.2, 0.25) is 0 Å². The first-order valence-electron chi connectivity index (χ1n) is 2.62. The fourth-order valence-corrected chi connectivity index (χ4v) is 1.17. The van der Waals surface area contributed by atoms with E-state index < -0.39 is 6.09 Å². The minimum Gasteiger partial charge on any atom is -0.465 e. The van der Waals surface area contributed by atoms with Crippen molar-refractivity contribution in [3.05, 3.63) is 8.96 Å². The molecule has 0 radical (unpaired) electrons. The van der Waals surface area contributed by atoms with Gasteiger partial charge in [-0.1, -0.05) is 0 Å². The zero-order chi connectivity index (χ0) is 7.72. The van der Waals surface area contributed by atoms with Crippen molar-refractivity contribution in [3.63, 3.8) is 0 Å². The molecule has 1 amide bonds. The second kappa shape index (κ2) is 2.92. The van der Waals surface area contributed by atoms with Crippen molar-refractivity contribution in [3.8, 4) is 0 Å². The Hall–Kier alpha value is -0.0300. The lowest BCUT2D eigenvalue weighted by molar-refractivity contribution is 0.138. The fraction of sp³-hybridized carbons (Fsp3) is 0.400. The maximum Gasteiger partial charge on any atom is 0.407 e. The highest BCUT2D eigenvalue weighted by Gasteiger charge is 2.25. The van der Waals surface area contributed by atoms with Gasteiger partial charge in [0, 0.05) is 13.1 Å². The number of nitrogens with zero attached hydrogens (tertiary/aromatic N) is 1. The van der Waals surface area contributed by atoms with E-state index in [0.29, 0.717) is 13.1 Å². The molecule has 0 aromatic carbocycles. The molecule has 0 spiro atoms. The number of hydrogen-bond acceptors (Lipinski definition) is 1. The van der Waals surface area contributed by atoms with Crippen molar-refractivity contribution < 1.29 is 9.90 Å². The lowest BCUT2D eigenvalue weighted by atomic mass is 10.1. The highest BCUT2D eigenvalue weighted by Crippen LogP contribution is 2.26. The van der Waals surface area contributed by atoms with Crippen molar-refractivity contribution in [2.45, 2.75) is 0 Å². The van der Waals surface area contributed by atoms with Gasteiger partial charge in [-0.15, -0.1) is 0 Å². The van der Waals surface area contributed by atoms with Crippen LogP contribution in [0.5, 0.6) is 0 Å². The van der Waals surface area contributed by atoms with Gasteiger partial charge in [-0.05, 0) is 37.4 Å². The smallest absolute Gasteiger partial charge is 0.407 e. The number of carbonyl (C=O) groups is 1. The third-order valence-corrected chi connectivity index (χ3v) is 2.42. The second-order valence-corrected chi connectivity index (χ2v) is 4.65. The van der Waals surface area contributed by atoms with Crippen molar-refractivity contribution in [2.24, 2.45) is 0 Å². The first-order valence-corrected chi connectivity index (χ1v) is 4.20. The topological polar surface area (TPSA) is 40.5 Å². The van der Waals surface area contributed by atoms with E-state index >= 15 is 0 Å². The van der Waals surface area contributed by atoms with Crippen LogP contribution in [0.1, 0.15) is 0 Å². The molecule has 0 bridgehead atoms. The summed E-state index contributed by atoms with van der Waals surface area (Å²) in [6.45, 7) is 1.03. The summed E-state index contributed by atoms with van der Waals surface area (Å²) in [6, 6.07) is 0. The van der Waals surface area contributed by atoms with Crippen LogP contribution >= 0.6 is 31.9 Å². The zero-order valence-corrected chi connectivity index (χ0v) is 8.14. The van der Waals surface area contributed by atoms with Gasteiger partial charge >= 0.3 is 6.09 Å². The lowest BCUT2D eigenvalue weighted by Crippen LogP contribution is -2.43. The Balaban J connectivity index is 2.45. The van der Waals surface area contributed by atoms with E-state index in [1.807, 2.05) is 0 Å². The van der Waals surface area contributed by atoms with Gasteiger partial charge in [0.1, 0.15) is 0 Å². The molecule has 1 N–H and O–H groups in total. The van der Waals surface area contributed by atoms with E-state index in [9.17, 15) is 4.79 Å². The van der Waals surface area contributed by atoms with Crippen LogP contribution in [0.15, 0.2) is 8.96 Å². The minimum atomic E-state index is -0.856. The van der Waals surface area contributed by atoms with E-state index in [1.54, 1.807) is 0 Å². The van der Waals surface area contributed by atoms with Gasteiger partial charge < -0.3 is 10.0 Å². The van der Waals surface area contributed by atoms with Crippen molar-refractivity contribution in [2.75, 3.05) is 13.1 Å². The standard InChI is InChI=1S/C5H5Br2NO2/c6-4(7)3-1-8(2-3)5(9)10/h1-2H2,(H,9,10). The van der Waals surface area contributed by atoms with Crippen LogP contribution in [-0.2, 0) is 0 Å². The quantitative estimate of drug-likeness (QED) is 0.731. The summed E-state index contributed by atoms with van der Waals surface area (Å²) in [6.07, 6.45) is -0.856. The summed E-state index contributed by atoms with van der Waals surface area (Å²) < 4.78 is 0.873. The average Bonchev–Trinajstić information content (AvgIpc) is 1.56. The first-order chi connectivity index (χ1) is 4.61. The van der Waals surface area contributed by atoms with Crippen LogP contribution in [0.2, 0.25) is 0 Å². The number of hydrogen-bond donors (Lipinski definition) is 1. The molecule has 0 atom stereocenters. The maximum atomic E-state index is 10.2. The largest absolute Gasteiger partial charge is 0.465 e. The van der Waals surface area contributed by atoms with E-state index in [2.05, 4.69) is 31.9 Å². The van der Waals surface area contributed by atoms with Crippen LogP contribution < -0.4 is 0 Å². The van der Waals surface area contributed by atoms with Gasteiger partial charge in [0.05, 0.1) is 3.39 Å². The molecule has 0 aromatic heterocycles. The summed E-state index contributed by atoms with van der Waals surface area (Å²) in [5, 5.41) is 8.41. The number of halogens is 2. The summed E-state index contributed by atoms with van der Waals surface area (Å²) in [4.78, 5) is 11.6. The molecular formula is C5H5Br2NO2. The Morgan fingerprint density at radius 3 is 2.30 bits per heavy atom. The van der Waals surface area contributed by atoms with E-state index in [-0.39, 0.29) is 0 Å². The predicted molar refractivity (Wildman–Crippen MR) is 44.5 cm³/mol. The highest BCUT2D eigenvalue weighted by molar-refractivity contribution is 9.28. The molecule has 1 saturated heterocycles. The average molecular weight is 271 g/mol. The summed E-state index contributed by atoms with van der Waals surface area (Å²) in [5.74, 6) is 0. The van der Waals surface area contributed by atoms with Crippen LogP contribution in [0.4, 0.5) is 4.79 Å². The van der Waals surface area contributed by atoms with Crippen LogP contribution in [0.25, 0.3) is 0 Å². The lowest BCUT2D eigenvalue weighted by Gasteiger charge is -2.31. The van der Waals surface area contributed by atoms with Crippen molar-refractivity contribution in [1.29, 1.82) is 0 Å². The van der Waals surface area contributed by atoms with Crippen LogP contribution in [0.3, 0.4) is 0 Å². The fourth-order valence-electron chi connectivity index (χ4n) is 0.669. The maximum absolute atomic E-state index is 10.2. The van der Waals surface area contributed by atoms with Crippen LogP contribution in [-0.4, -0.2) is 29.2 Å². The molecular weight excluding hydrogens is 266 g/mol. The van der Waals surface area contributed by atoms with Gasteiger partial charge in [0.25, 0.3) is 0 Å². The molecule has 1 rings (SSSR count).